The monoisotopic (exact) mass is 540 g/mol. The SMILES string of the molecule is CC(C)(C)c1ccc(C(C)(C)c2ccc(Oc3ccc(S(=O)(=O)c4ccc(C(C)(C)C)cc4)cc3)cc2)cc1. The standard InChI is InChI=1S/C35H40O3S/c1-33(2,3)25-9-11-27(12-10-25)35(7,8)28-13-17-29(18-14-28)38-30-19-23-32(24-20-30)39(36,37)31-21-15-26(16-22-31)34(4,5)6/h9-24H,1-8H3. The molecule has 0 aromatic heterocycles. The lowest BCUT2D eigenvalue weighted by molar-refractivity contribution is 0.481. The summed E-state index contributed by atoms with van der Waals surface area (Å²) in [6, 6.07) is 30.7. The second-order valence-electron chi connectivity index (χ2n) is 12.8. The molecule has 0 atom stereocenters. The molecule has 0 fully saturated rings. The molecule has 0 aliphatic rings. The van der Waals surface area contributed by atoms with Gasteiger partial charge in [0.15, 0.2) is 0 Å². The largest absolute Gasteiger partial charge is 0.457 e. The molecule has 0 spiro atoms. The van der Waals surface area contributed by atoms with Crippen molar-refractivity contribution < 1.29 is 13.2 Å². The molecule has 0 aliphatic carbocycles. The number of ether oxygens (including phenoxy) is 1. The third kappa shape index (κ3) is 6.28. The van der Waals surface area contributed by atoms with Gasteiger partial charge in [-0.2, -0.15) is 0 Å². The first-order chi connectivity index (χ1) is 18.1. The maximum Gasteiger partial charge on any atom is 0.206 e. The van der Waals surface area contributed by atoms with E-state index in [9.17, 15) is 8.42 Å². The molecule has 0 bridgehead atoms. The summed E-state index contributed by atoms with van der Waals surface area (Å²) in [6.45, 7) is 17.5. The molecule has 4 heteroatoms. The fraction of sp³-hybridized carbons (Fsp3) is 0.314. The molecule has 0 amide bonds. The summed E-state index contributed by atoms with van der Waals surface area (Å²) in [6.07, 6.45) is 0. The Morgan fingerprint density at radius 1 is 0.436 bits per heavy atom. The van der Waals surface area contributed by atoms with Crippen molar-refractivity contribution in [3.8, 4) is 11.5 Å². The number of hydrogen-bond acceptors (Lipinski definition) is 3. The van der Waals surface area contributed by atoms with Crippen molar-refractivity contribution in [2.45, 2.75) is 81.4 Å². The van der Waals surface area contributed by atoms with Gasteiger partial charge in [-0.1, -0.05) is 104 Å². The summed E-state index contributed by atoms with van der Waals surface area (Å²) in [5, 5.41) is 0. The Hall–Kier alpha value is -3.37. The highest BCUT2D eigenvalue weighted by molar-refractivity contribution is 7.91. The Bertz CT molecular complexity index is 1510. The molecule has 0 heterocycles. The zero-order chi connectivity index (χ0) is 28.6. The lowest BCUT2D eigenvalue weighted by Crippen LogP contribution is -2.19. The summed E-state index contributed by atoms with van der Waals surface area (Å²) >= 11 is 0. The van der Waals surface area contributed by atoms with E-state index < -0.39 is 9.84 Å². The summed E-state index contributed by atoms with van der Waals surface area (Å²) in [5.74, 6) is 1.29. The lowest BCUT2D eigenvalue weighted by atomic mass is 9.77. The van der Waals surface area contributed by atoms with Gasteiger partial charge in [-0.25, -0.2) is 8.42 Å². The Labute approximate surface area is 234 Å². The minimum Gasteiger partial charge on any atom is -0.457 e. The van der Waals surface area contributed by atoms with E-state index in [2.05, 4.69) is 91.8 Å². The Morgan fingerprint density at radius 2 is 0.718 bits per heavy atom. The second-order valence-corrected chi connectivity index (χ2v) is 14.8. The van der Waals surface area contributed by atoms with E-state index >= 15 is 0 Å². The normalized spacial score (nSPS) is 12.8. The quantitative estimate of drug-likeness (QED) is 0.245. The van der Waals surface area contributed by atoms with Crippen LogP contribution in [0.15, 0.2) is 107 Å². The Morgan fingerprint density at radius 3 is 1.10 bits per heavy atom. The predicted molar refractivity (Wildman–Crippen MR) is 161 cm³/mol. The third-order valence-electron chi connectivity index (χ3n) is 7.45. The molecular formula is C35H40O3S. The van der Waals surface area contributed by atoms with E-state index in [0.717, 1.165) is 5.56 Å². The number of sulfone groups is 1. The van der Waals surface area contributed by atoms with Crippen molar-refractivity contribution in [1.82, 2.24) is 0 Å². The first-order valence-corrected chi connectivity index (χ1v) is 14.9. The molecule has 204 valence electrons. The van der Waals surface area contributed by atoms with Crippen LogP contribution in [0.3, 0.4) is 0 Å². The molecular weight excluding hydrogens is 500 g/mol. The third-order valence-corrected chi connectivity index (χ3v) is 9.23. The van der Waals surface area contributed by atoms with Crippen molar-refractivity contribution in [1.29, 1.82) is 0 Å². The highest BCUT2D eigenvalue weighted by Gasteiger charge is 2.24. The van der Waals surface area contributed by atoms with Crippen LogP contribution in [0.1, 0.15) is 77.6 Å². The van der Waals surface area contributed by atoms with Crippen LogP contribution < -0.4 is 4.74 Å². The molecule has 3 nitrogen and oxygen atoms in total. The summed E-state index contributed by atoms with van der Waals surface area (Å²) in [7, 11) is -3.61. The second kappa shape index (κ2) is 10.3. The first-order valence-electron chi connectivity index (χ1n) is 13.4. The average Bonchev–Trinajstić information content (AvgIpc) is 2.88. The maximum atomic E-state index is 13.1. The van der Waals surface area contributed by atoms with Gasteiger partial charge in [0.25, 0.3) is 0 Å². The van der Waals surface area contributed by atoms with Gasteiger partial charge in [-0.15, -0.1) is 0 Å². The van der Waals surface area contributed by atoms with E-state index in [4.69, 9.17) is 4.74 Å². The Kier molecular flexibility index (Phi) is 7.57. The molecule has 0 saturated carbocycles. The zero-order valence-electron chi connectivity index (χ0n) is 24.4. The fourth-order valence-corrected chi connectivity index (χ4v) is 5.85. The van der Waals surface area contributed by atoms with E-state index in [-0.39, 0.29) is 26.0 Å². The van der Waals surface area contributed by atoms with Crippen molar-refractivity contribution >= 4 is 9.84 Å². The van der Waals surface area contributed by atoms with Gasteiger partial charge in [0, 0.05) is 5.41 Å². The highest BCUT2D eigenvalue weighted by atomic mass is 32.2. The van der Waals surface area contributed by atoms with Gasteiger partial charge in [-0.05, 0) is 81.6 Å². The van der Waals surface area contributed by atoms with E-state index in [0.29, 0.717) is 11.5 Å². The average molecular weight is 541 g/mol. The molecule has 4 aromatic rings. The number of hydrogen-bond donors (Lipinski definition) is 0. The summed E-state index contributed by atoms with van der Waals surface area (Å²) in [5.41, 5.74) is 4.80. The van der Waals surface area contributed by atoms with Crippen LogP contribution in [0.25, 0.3) is 0 Å². The van der Waals surface area contributed by atoms with E-state index in [1.54, 1.807) is 36.4 Å². The van der Waals surface area contributed by atoms with Crippen LogP contribution >= 0.6 is 0 Å². The van der Waals surface area contributed by atoms with Gasteiger partial charge in [0.05, 0.1) is 9.79 Å². The molecule has 0 aliphatic heterocycles. The molecule has 4 rings (SSSR count). The van der Waals surface area contributed by atoms with Crippen molar-refractivity contribution in [2.75, 3.05) is 0 Å². The zero-order valence-corrected chi connectivity index (χ0v) is 25.2. The first kappa shape index (κ1) is 28.6. The van der Waals surface area contributed by atoms with Crippen LogP contribution in [0, 0.1) is 0 Å². The minimum atomic E-state index is -3.61. The van der Waals surface area contributed by atoms with E-state index in [1.807, 2.05) is 24.3 Å². The van der Waals surface area contributed by atoms with Crippen LogP contribution in [0.5, 0.6) is 11.5 Å². The van der Waals surface area contributed by atoms with Crippen molar-refractivity contribution in [2.24, 2.45) is 0 Å². The summed E-state index contributed by atoms with van der Waals surface area (Å²) in [4.78, 5) is 0.531. The van der Waals surface area contributed by atoms with Crippen LogP contribution in [0.4, 0.5) is 0 Å². The molecule has 0 unspecified atom stereocenters. The number of benzene rings is 4. The topological polar surface area (TPSA) is 43.4 Å². The summed E-state index contributed by atoms with van der Waals surface area (Å²) < 4.78 is 32.3. The van der Waals surface area contributed by atoms with Gasteiger partial charge in [0.1, 0.15) is 11.5 Å². The molecule has 39 heavy (non-hydrogen) atoms. The Balaban J connectivity index is 1.47. The van der Waals surface area contributed by atoms with Crippen molar-refractivity contribution in [3.63, 3.8) is 0 Å². The van der Waals surface area contributed by atoms with E-state index in [1.165, 1.54) is 16.7 Å². The maximum absolute atomic E-state index is 13.1. The molecule has 0 N–H and O–H groups in total. The van der Waals surface area contributed by atoms with Crippen molar-refractivity contribution in [3.05, 3.63) is 119 Å². The van der Waals surface area contributed by atoms with Crippen LogP contribution in [-0.4, -0.2) is 8.42 Å². The van der Waals surface area contributed by atoms with Gasteiger partial charge in [-0.3, -0.25) is 0 Å². The molecule has 0 radical (unpaired) electrons. The minimum absolute atomic E-state index is 0.0348. The van der Waals surface area contributed by atoms with Gasteiger partial charge < -0.3 is 4.74 Å². The molecule has 4 aromatic carbocycles. The van der Waals surface area contributed by atoms with Crippen LogP contribution in [0.2, 0.25) is 0 Å². The lowest BCUT2D eigenvalue weighted by Gasteiger charge is -2.28. The predicted octanol–water partition coefficient (Wildman–Crippen LogP) is 9.23. The fourth-order valence-electron chi connectivity index (χ4n) is 4.59. The smallest absolute Gasteiger partial charge is 0.206 e. The number of rotatable bonds is 6. The van der Waals surface area contributed by atoms with Crippen LogP contribution in [-0.2, 0) is 26.1 Å². The molecule has 0 saturated heterocycles. The highest BCUT2D eigenvalue weighted by Crippen LogP contribution is 2.35. The van der Waals surface area contributed by atoms with Gasteiger partial charge in [0.2, 0.25) is 9.84 Å². The van der Waals surface area contributed by atoms with Gasteiger partial charge >= 0.3 is 0 Å².